The van der Waals surface area contributed by atoms with Crippen LogP contribution >= 0.6 is 11.3 Å². The van der Waals surface area contributed by atoms with Gasteiger partial charge in [0.15, 0.2) is 16.3 Å². The molecule has 1 saturated heterocycles. The molecule has 12 heteroatoms. The van der Waals surface area contributed by atoms with Crippen LogP contribution in [0.1, 0.15) is 30.1 Å². The molecule has 2 aliphatic heterocycles. The Kier molecular flexibility index (Phi) is 6.34. The molecule has 3 heterocycles. The number of hydrogen-bond acceptors (Lipinski definition) is 8. The van der Waals surface area contributed by atoms with Gasteiger partial charge in [-0.2, -0.15) is 9.30 Å². The van der Waals surface area contributed by atoms with Gasteiger partial charge in [0.1, 0.15) is 6.54 Å². The highest BCUT2D eigenvalue weighted by Gasteiger charge is 2.27. The maximum atomic E-state index is 13.0. The van der Waals surface area contributed by atoms with Crippen LogP contribution in [0, 0.1) is 0 Å². The first kappa shape index (κ1) is 23.5. The number of esters is 1. The zero-order valence-electron chi connectivity index (χ0n) is 18.9. The minimum absolute atomic E-state index is 0.115. The van der Waals surface area contributed by atoms with Crippen LogP contribution in [-0.4, -0.2) is 55.7 Å². The van der Waals surface area contributed by atoms with Crippen molar-refractivity contribution in [2.45, 2.75) is 31.2 Å². The van der Waals surface area contributed by atoms with E-state index < -0.39 is 21.9 Å². The van der Waals surface area contributed by atoms with E-state index in [0.29, 0.717) is 34.9 Å². The number of hydrogen-bond donors (Lipinski definition) is 0. The molecule has 2 aliphatic rings. The third-order valence-electron chi connectivity index (χ3n) is 5.77. The number of amides is 1. The highest BCUT2D eigenvalue weighted by Crippen LogP contribution is 2.37. The molecule has 5 rings (SSSR count). The van der Waals surface area contributed by atoms with E-state index in [4.69, 9.17) is 14.2 Å². The van der Waals surface area contributed by atoms with Crippen LogP contribution in [0.25, 0.3) is 10.2 Å². The molecular weight excluding hydrogens is 494 g/mol. The zero-order valence-corrected chi connectivity index (χ0v) is 20.6. The third-order valence-corrected chi connectivity index (χ3v) is 8.72. The van der Waals surface area contributed by atoms with Crippen molar-refractivity contribution in [3.8, 4) is 11.5 Å². The molecule has 0 aliphatic carbocycles. The first-order chi connectivity index (χ1) is 16.9. The number of carbonyl (C=O) groups is 2. The standard InChI is InChI=1S/C23H23N3O7S2/c1-2-31-21(27)13-26-17-11-18-19(33-14-32-18)12-20(17)34-23(26)24-22(28)15-5-7-16(8-6-15)35(29,30)25-9-3-4-10-25/h5-8,11-12H,2-4,9-10,13-14H2,1H3. The summed E-state index contributed by atoms with van der Waals surface area (Å²) in [6.07, 6.45) is 1.69. The molecule has 2 aromatic carbocycles. The van der Waals surface area contributed by atoms with Gasteiger partial charge in [-0.05, 0) is 44.0 Å². The lowest BCUT2D eigenvalue weighted by Crippen LogP contribution is -2.27. The average molecular weight is 518 g/mol. The number of rotatable bonds is 6. The first-order valence-corrected chi connectivity index (χ1v) is 13.4. The van der Waals surface area contributed by atoms with Crippen molar-refractivity contribution >= 4 is 43.5 Å². The van der Waals surface area contributed by atoms with Crippen LogP contribution in [0.3, 0.4) is 0 Å². The molecule has 1 fully saturated rings. The maximum absolute atomic E-state index is 13.0. The van der Waals surface area contributed by atoms with Gasteiger partial charge in [0.25, 0.3) is 5.91 Å². The number of carbonyl (C=O) groups excluding carboxylic acids is 2. The zero-order chi connectivity index (χ0) is 24.6. The van der Waals surface area contributed by atoms with Crippen LogP contribution in [-0.2, 0) is 26.1 Å². The first-order valence-electron chi connectivity index (χ1n) is 11.1. The molecule has 0 radical (unpaired) electrons. The Balaban J connectivity index is 1.50. The second-order valence-electron chi connectivity index (χ2n) is 8.00. The Hall–Kier alpha value is -3.22. The summed E-state index contributed by atoms with van der Waals surface area (Å²) in [6.45, 7) is 2.94. The second kappa shape index (κ2) is 9.44. The van der Waals surface area contributed by atoms with Gasteiger partial charge in [-0.25, -0.2) is 8.42 Å². The third kappa shape index (κ3) is 4.56. The van der Waals surface area contributed by atoms with E-state index in [9.17, 15) is 18.0 Å². The topological polar surface area (TPSA) is 117 Å². The smallest absolute Gasteiger partial charge is 0.326 e. The van der Waals surface area contributed by atoms with E-state index in [2.05, 4.69) is 4.99 Å². The van der Waals surface area contributed by atoms with Crippen molar-refractivity contribution in [3.63, 3.8) is 0 Å². The Morgan fingerprint density at radius 1 is 1.09 bits per heavy atom. The molecule has 3 aromatic rings. The van der Waals surface area contributed by atoms with Crippen LogP contribution in [0.15, 0.2) is 46.3 Å². The summed E-state index contributed by atoms with van der Waals surface area (Å²) in [7, 11) is -3.57. The summed E-state index contributed by atoms with van der Waals surface area (Å²) in [5.74, 6) is 0.102. The number of sulfonamides is 1. The van der Waals surface area contributed by atoms with Gasteiger partial charge < -0.3 is 18.8 Å². The molecule has 0 spiro atoms. The second-order valence-corrected chi connectivity index (χ2v) is 10.9. The minimum Gasteiger partial charge on any atom is -0.465 e. The molecule has 1 aromatic heterocycles. The number of fused-ring (bicyclic) bond motifs is 2. The summed E-state index contributed by atoms with van der Waals surface area (Å²) in [6, 6.07) is 9.28. The fourth-order valence-corrected chi connectivity index (χ4v) is 6.59. The Morgan fingerprint density at radius 2 is 1.77 bits per heavy atom. The molecule has 0 saturated carbocycles. The monoisotopic (exact) mass is 517 g/mol. The van der Waals surface area contributed by atoms with E-state index in [1.807, 2.05) is 0 Å². The van der Waals surface area contributed by atoms with Gasteiger partial charge in [0.05, 0.1) is 21.7 Å². The van der Waals surface area contributed by atoms with Gasteiger partial charge in [0.2, 0.25) is 16.8 Å². The normalized spacial score (nSPS) is 16.2. The number of thiazole rings is 1. The SMILES string of the molecule is CCOC(=O)Cn1c(=NC(=O)c2ccc(S(=O)(=O)N3CCCC3)cc2)sc2cc3c(cc21)OCO3. The van der Waals surface area contributed by atoms with E-state index in [0.717, 1.165) is 17.5 Å². The summed E-state index contributed by atoms with van der Waals surface area (Å²) < 4.78 is 45.3. The van der Waals surface area contributed by atoms with Crippen molar-refractivity contribution in [1.82, 2.24) is 8.87 Å². The quantitative estimate of drug-likeness (QED) is 0.461. The maximum Gasteiger partial charge on any atom is 0.326 e. The molecule has 0 N–H and O–H groups in total. The fourth-order valence-electron chi connectivity index (χ4n) is 4.03. The van der Waals surface area contributed by atoms with Crippen LogP contribution in [0.2, 0.25) is 0 Å². The lowest BCUT2D eigenvalue weighted by Gasteiger charge is -2.15. The van der Waals surface area contributed by atoms with Gasteiger partial charge in [-0.15, -0.1) is 0 Å². The summed E-state index contributed by atoms with van der Waals surface area (Å²) in [5, 5.41) is 0. The van der Waals surface area contributed by atoms with Crippen molar-refractivity contribution in [2.75, 3.05) is 26.5 Å². The van der Waals surface area contributed by atoms with E-state index in [1.54, 1.807) is 23.6 Å². The van der Waals surface area contributed by atoms with Gasteiger partial charge >= 0.3 is 5.97 Å². The van der Waals surface area contributed by atoms with Crippen molar-refractivity contribution in [3.05, 3.63) is 46.8 Å². The summed E-state index contributed by atoms with van der Waals surface area (Å²) >= 11 is 1.23. The van der Waals surface area contributed by atoms with Crippen LogP contribution in [0.4, 0.5) is 0 Å². The highest BCUT2D eigenvalue weighted by molar-refractivity contribution is 7.89. The predicted octanol–water partition coefficient (Wildman–Crippen LogP) is 2.52. The Bertz CT molecular complexity index is 1470. The number of benzene rings is 2. The lowest BCUT2D eigenvalue weighted by atomic mass is 10.2. The van der Waals surface area contributed by atoms with Crippen molar-refractivity contribution in [2.24, 2.45) is 4.99 Å². The van der Waals surface area contributed by atoms with Crippen LogP contribution in [0.5, 0.6) is 11.5 Å². The molecule has 0 bridgehead atoms. The lowest BCUT2D eigenvalue weighted by molar-refractivity contribution is -0.143. The molecule has 184 valence electrons. The van der Waals surface area contributed by atoms with E-state index >= 15 is 0 Å². The van der Waals surface area contributed by atoms with E-state index in [1.165, 1.54) is 39.9 Å². The Labute approximate surface area is 205 Å². The molecule has 10 nitrogen and oxygen atoms in total. The van der Waals surface area contributed by atoms with Gasteiger partial charge in [-0.3, -0.25) is 9.59 Å². The van der Waals surface area contributed by atoms with E-state index in [-0.39, 0.29) is 30.4 Å². The van der Waals surface area contributed by atoms with Crippen molar-refractivity contribution in [1.29, 1.82) is 0 Å². The van der Waals surface area contributed by atoms with Crippen molar-refractivity contribution < 1.29 is 32.2 Å². The minimum atomic E-state index is -3.57. The number of nitrogens with zero attached hydrogens (tertiary/aromatic N) is 3. The fraction of sp³-hybridized carbons (Fsp3) is 0.348. The van der Waals surface area contributed by atoms with Gasteiger partial charge in [-0.1, -0.05) is 11.3 Å². The Morgan fingerprint density at radius 3 is 2.46 bits per heavy atom. The molecule has 35 heavy (non-hydrogen) atoms. The number of aromatic nitrogens is 1. The highest BCUT2D eigenvalue weighted by atomic mass is 32.2. The summed E-state index contributed by atoms with van der Waals surface area (Å²) in [4.78, 5) is 29.9. The molecular formula is C23H23N3O7S2. The largest absolute Gasteiger partial charge is 0.465 e. The summed E-state index contributed by atoms with van der Waals surface area (Å²) in [5.41, 5.74) is 0.894. The van der Waals surface area contributed by atoms with Gasteiger partial charge in [0, 0.05) is 30.8 Å². The molecule has 0 unspecified atom stereocenters. The van der Waals surface area contributed by atoms with Crippen LogP contribution < -0.4 is 14.3 Å². The average Bonchev–Trinajstić information content (AvgIpc) is 3.59. The molecule has 1 amide bonds. The predicted molar refractivity (Wildman–Crippen MR) is 127 cm³/mol. The number of ether oxygens (including phenoxy) is 3. The molecule has 0 atom stereocenters.